The third-order valence-electron chi connectivity index (χ3n) is 2.90. The summed E-state index contributed by atoms with van der Waals surface area (Å²) >= 11 is 0. The van der Waals surface area contributed by atoms with Crippen LogP contribution < -0.4 is 33.0 Å². The lowest BCUT2D eigenvalue weighted by Gasteiger charge is -2.21. The summed E-state index contributed by atoms with van der Waals surface area (Å²) in [6.07, 6.45) is -2.12. The molecule has 14 heteroatoms. The van der Waals surface area contributed by atoms with E-state index < -0.39 is 67.0 Å². The van der Waals surface area contributed by atoms with Crippen molar-refractivity contribution >= 4 is 29.7 Å². The number of aliphatic hydroxyl groups excluding tert-OH is 2. The lowest BCUT2D eigenvalue weighted by molar-refractivity contribution is -0.141. The summed E-state index contributed by atoms with van der Waals surface area (Å²) in [5.74, 6) is -4.52. The van der Waals surface area contributed by atoms with E-state index in [1.807, 2.05) is 21.5 Å². The number of nitrogens with one attached hydrogen (secondary N) is 4. The number of nitrogens with two attached hydrogens (primary N) is 2. The smallest absolute Gasteiger partial charge is 0.328 e. The van der Waals surface area contributed by atoms with E-state index in [-0.39, 0.29) is 0 Å². The number of carboxylic acid groups (broad SMARTS) is 1. The van der Waals surface area contributed by atoms with Crippen LogP contribution in [0.15, 0.2) is 0 Å². The van der Waals surface area contributed by atoms with Gasteiger partial charge in [0.25, 0.3) is 11.8 Å². The van der Waals surface area contributed by atoms with E-state index in [4.69, 9.17) is 21.7 Å². The maximum atomic E-state index is 11.9. The molecule has 0 radical (unpaired) electrons. The lowest BCUT2D eigenvalue weighted by atomic mass is 10.1. The molecule has 0 rings (SSSR count). The molecule has 1 unspecified atom stereocenters. The van der Waals surface area contributed by atoms with Crippen LogP contribution >= 0.6 is 0 Å². The van der Waals surface area contributed by atoms with E-state index in [0.717, 1.165) is 6.92 Å². The Morgan fingerprint density at radius 1 is 1.04 bits per heavy atom. The van der Waals surface area contributed by atoms with Gasteiger partial charge in [0.15, 0.2) is 6.04 Å². The fraction of sp³-hybridized carbons (Fsp3) is 0.583. The number of urea groups is 1. The zero-order valence-corrected chi connectivity index (χ0v) is 13.8. The van der Waals surface area contributed by atoms with Crippen LogP contribution in [0.5, 0.6) is 0 Å². The molecule has 5 amide bonds. The molecule has 14 nitrogen and oxygen atoms in total. The van der Waals surface area contributed by atoms with E-state index in [9.17, 15) is 29.1 Å². The van der Waals surface area contributed by atoms with Gasteiger partial charge in [-0.05, 0) is 6.92 Å². The minimum atomic E-state index is -1.67. The molecule has 0 aromatic rings. The molecule has 11 N–H and O–H groups in total. The molecule has 0 aliphatic carbocycles. The van der Waals surface area contributed by atoms with Crippen molar-refractivity contribution in [2.75, 3.05) is 6.61 Å². The second-order valence-corrected chi connectivity index (χ2v) is 5.16. The van der Waals surface area contributed by atoms with Crippen molar-refractivity contribution in [2.45, 2.75) is 37.6 Å². The molecular weight excluding hydrogens is 356 g/mol. The summed E-state index contributed by atoms with van der Waals surface area (Å²) in [5.41, 5.74) is 13.9. The Bertz CT molecular complexity index is 554. The van der Waals surface area contributed by atoms with Gasteiger partial charge in [0, 0.05) is 0 Å². The Morgan fingerprint density at radius 3 is 2.00 bits per heavy atom. The minimum absolute atomic E-state index is 0.673. The van der Waals surface area contributed by atoms with Crippen molar-refractivity contribution < 1.29 is 39.3 Å². The van der Waals surface area contributed by atoms with Crippen LogP contribution in [0.2, 0.25) is 0 Å². The van der Waals surface area contributed by atoms with Gasteiger partial charge >= 0.3 is 12.0 Å². The maximum Gasteiger partial charge on any atom is 0.328 e. The second-order valence-electron chi connectivity index (χ2n) is 5.16. The van der Waals surface area contributed by atoms with Crippen molar-refractivity contribution in [3.63, 3.8) is 0 Å². The van der Waals surface area contributed by atoms with Crippen LogP contribution in [0.3, 0.4) is 0 Å². The summed E-state index contributed by atoms with van der Waals surface area (Å²) in [7, 11) is 0. The summed E-state index contributed by atoms with van der Waals surface area (Å²) in [4.78, 5) is 57.0. The van der Waals surface area contributed by atoms with Crippen molar-refractivity contribution in [1.82, 2.24) is 21.5 Å². The summed E-state index contributed by atoms with van der Waals surface area (Å²) < 4.78 is 0. The van der Waals surface area contributed by atoms with Gasteiger partial charge in [0.2, 0.25) is 5.91 Å². The standard InChI is InChI=1S/C12H22N6O8/c1-4(20)8(11(24)25)16-12(26)15-6(2-7(14)21)10(23)18-17-9(22)5(13)3-19/h4-6,8,19-20H,2-3,13H2,1H3,(H2,14,21)(H,17,22)(H,18,23)(H,24,25)(H2,15,16,26)/t4?,5-,6-,8+/m1/s1. The van der Waals surface area contributed by atoms with E-state index in [1.54, 1.807) is 0 Å². The number of hydrogen-bond acceptors (Lipinski definition) is 8. The Balaban J connectivity index is 4.90. The number of rotatable bonds is 9. The molecule has 0 aliphatic heterocycles. The second kappa shape index (κ2) is 10.8. The fourth-order valence-corrected chi connectivity index (χ4v) is 1.53. The largest absolute Gasteiger partial charge is 0.480 e. The lowest BCUT2D eigenvalue weighted by Crippen LogP contribution is -2.59. The molecule has 4 atom stereocenters. The predicted molar refractivity (Wildman–Crippen MR) is 83.7 cm³/mol. The van der Waals surface area contributed by atoms with E-state index in [0.29, 0.717) is 0 Å². The number of carboxylic acids is 1. The minimum Gasteiger partial charge on any atom is -0.480 e. The Kier molecular flexibility index (Phi) is 9.57. The highest BCUT2D eigenvalue weighted by molar-refractivity contribution is 5.93. The molecule has 0 bridgehead atoms. The SMILES string of the molecule is CC(O)[C@H](NC(=O)N[C@H](CC(N)=O)C(=O)NNC(=O)[C@H](N)CO)C(=O)O. The molecule has 0 saturated carbocycles. The first-order valence-electron chi connectivity index (χ1n) is 7.21. The molecular formula is C12H22N6O8. The monoisotopic (exact) mass is 378 g/mol. The topological polar surface area (TPSA) is 246 Å². The third kappa shape index (κ3) is 8.22. The van der Waals surface area contributed by atoms with Gasteiger partial charge in [-0.3, -0.25) is 25.2 Å². The first-order chi connectivity index (χ1) is 12.0. The van der Waals surface area contributed by atoms with Gasteiger partial charge < -0.3 is 37.4 Å². The molecule has 0 aromatic carbocycles. The molecule has 0 spiro atoms. The van der Waals surface area contributed by atoms with Gasteiger partial charge in [0.05, 0.1) is 19.1 Å². The van der Waals surface area contributed by atoms with Crippen molar-refractivity contribution in [3.8, 4) is 0 Å². The number of carbonyl (C=O) groups is 5. The van der Waals surface area contributed by atoms with Gasteiger partial charge in [-0.25, -0.2) is 9.59 Å². The highest BCUT2D eigenvalue weighted by atomic mass is 16.4. The Morgan fingerprint density at radius 2 is 1.58 bits per heavy atom. The number of aliphatic carboxylic acids is 1. The number of carbonyl (C=O) groups excluding carboxylic acids is 4. The maximum absolute atomic E-state index is 11.9. The summed E-state index contributed by atoms with van der Waals surface area (Å²) in [6, 6.07) is -5.74. The van der Waals surface area contributed by atoms with Crippen LogP contribution in [0.1, 0.15) is 13.3 Å². The molecule has 0 fully saturated rings. The first kappa shape index (κ1) is 23.0. The molecule has 148 valence electrons. The molecule has 26 heavy (non-hydrogen) atoms. The van der Waals surface area contributed by atoms with Gasteiger partial charge in [-0.15, -0.1) is 0 Å². The quantitative estimate of drug-likeness (QED) is 0.174. The molecule has 0 aliphatic rings. The molecule has 0 heterocycles. The van der Waals surface area contributed by atoms with Gasteiger partial charge in [-0.1, -0.05) is 0 Å². The zero-order chi connectivity index (χ0) is 20.4. The number of amides is 5. The van der Waals surface area contributed by atoms with Crippen LogP contribution in [0, 0.1) is 0 Å². The van der Waals surface area contributed by atoms with Crippen molar-refractivity contribution in [3.05, 3.63) is 0 Å². The van der Waals surface area contributed by atoms with Gasteiger partial charge in [-0.2, -0.15) is 0 Å². The predicted octanol–water partition coefficient (Wildman–Crippen LogP) is -5.17. The van der Waals surface area contributed by atoms with Crippen LogP contribution in [0.25, 0.3) is 0 Å². The average molecular weight is 378 g/mol. The summed E-state index contributed by atoms with van der Waals surface area (Å²) in [6.45, 7) is 0.426. The van der Waals surface area contributed by atoms with E-state index >= 15 is 0 Å². The van der Waals surface area contributed by atoms with Crippen LogP contribution in [0.4, 0.5) is 4.79 Å². The van der Waals surface area contributed by atoms with Crippen LogP contribution in [-0.4, -0.2) is 75.9 Å². The highest BCUT2D eigenvalue weighted by Crippen LogP contribution is 1.96. The molecule has 0 aromatic heterocycles. The van der Waals surface area contributed by atoms with E-state index in [2.05, 4.69) is 0 Å². The zero-order valence-electron chi connectivity index (χ0n) is 13.8. The summed E-state index contributed by atoms with van der Waals surface area (Å²) in [5, 5.41) is 30.7. The number of aliphatic hydroxyl groups is 2. The average Bonchev–Trinajstić information content (AvgIpc) is 2.54. The molecule has 0 saturated heterocycles. The highest BCUT2D eigenvalue weighted by Gasteiger charge is 2.28. The Labute approximate surface area is 147 Å². The van der Waals surface area contributed by atoms with Crippen molar-refractivity contribution in [1.29, 1.82) is 0 Å². The Hall–Kier alpha value is -2.97. The van der Waals surface area contributed by atoms with E-state index in [1.165, 1.54) is 0 Å². The number of hydrogen-bond donors (Lipinski definition) is 9. The fourth-order valence-electron chi connectivity index (χ4n) is 1.53. The van der Waals surface area contributed by atoms with Crippen LogP contribution in [-0.2, 0) is 19.2 Å². The normalized spacial score (nSPS) is 14.9. The van der Waals surface area contributed by atoms with Crippen molar-refractivity contribution in [2.24, 2.45) is 11.5 Å². The van der Waals surface area contributed by atoms with Gasteiger partial charge in [0.1, 0.15) is 12.1 Å². The number of hydrazine groups is 1. The third-order valence-corrected chi connectivity index (χ3v) is 2.90. The first-order valence-corrected chi connectivity index (χ1v) is 7.21. The number of primary amides is 1.